The quantitative estimate of drug-likeness (QED) is 0.846. The molecule has 5 heteroatoms. The second-order valence-electron chi connectivity index (χ2n) is 6.00. The van der Waals surface area contributed by atoms with Crippen molar-refractivity contribution in [1.29, 1.82) is 0 Å². The van der Waals surface area contributed by atoms with Gasteiger partial charge >= 0.3 is 0 Å². The number of likely N-dealkylation sites (N-methyl/N-ethyl adjacent to an activating group) is 1. The van der Waals surface area contributed by atoms with E-state index in [0.717, 1.165) is 51.0 Å². The number of benzene rings is 1. The van der Waals surface area contributed by atoms with E-state index in [1.54, 1.807) is 0 Å². The van der Waals surface area contributed by atoms with Crippen molar-refractivity contribution in [1.82, 2.24) is 14.9 Å². The first kappa shape index (κ1) is 15.7. The van der Waals surface area contributed by atoms with Gasteiger partial charge < -0.3 is 14.7 Å². The monoisotopic (exact) mass is 311 g/mol. The number of nitrogens with zero attached hydrogens (tertiary/aromatic N) is 5. The normalized spacial score (nSPS) is 15.7. The average Bonchev–Trinajstić information content (AvgIpc) is 2.61. The van der Waals surface area contributed by atoms with Crippen LogP contribution in [0.1, 0.15) is 12.5 Å². The van der Waals surface area contributed by atoms with E-state index in [0.29, 0.717) is 0 Å². The molecular formula is C18H25N5. The zero-order chi connectivity index (χ0) is 16.1. The lowest BCUT2D eigenvalue weighted by molar-refractivity contribution is 0.311. The highest BCUT2D eigenvalue weighted by molar-refractivity contribution is 5.44. The third-order valence-electron chi connectivity index (χ3n) is 4.34. The molecule has 0 bridgehead atoms. The van der Waals surface area contributed by atoms with Crippen molar-refractivity contribution in [2.75, 3.05) is 49.6 Å². The molecule has 1 aromatic heterocycles. The van der Waals surface area contributed by atoms with Crippen molar-refractivity contribution >= 4 is 11.8 Å². The van der Waals surface area contributed by atoms with Crippen LogP contribution < -0.4 is 9.80 Å². The third-order valence-corrected chi connectivity index (χ3v) is 4.34. The summed E-state index contributed by atoms with van der Waals surface area (Å²) in [4.78, 5) is 16.2. The molecule has 5 nitrogen and oxygen atoms in total. The zero-order valence-corrected chi connectivity index (χ0v) is 14.0. The standard InChI is InChI=1S/C18H25N5/c1-3-22(15-16-7-5-4-6-8-16)17-9-10-19-18(20-17)23-13-11-21(2)12-14-23/h4-10H,3,11-15H2,1-2H3. The molecule has 1 fully saturated rings. The predicted molar refractivity (Wildman–Crippen MR) is 94.9 cm³/mol. The van der Waals surface area contributed by atoms with E-state index in [2.05, 4.69) is 64.0 Å². The van der Waals surface area contributed by atoms with Crippen molar-refractivity contribution in [2.24, 2.45) is 0 Å². The largest absolute Gasteiger partial charge is 0.352 e. The summed E-state index contributed by atoms with van der Waals surface area (Å²) in [5.41, 5.74) is 1.30. The minimum absolute atomic E-state index is 0.849. The topological polar surface area (TPSA) is 35.5 Å². The van der Waals surface area contributed by atoms with Crippen LogP contribution >= 0.6 is 0 Å². The van der Waals surface area contributed by atoms with Crippen LogP contribution in [0.3, 0.4) is 0 Å². The second kappa shape index (κ2) is 7.42. The summed E-state index contributed by atoms with van der Waals surface area (Å²) < 4.78 is 0. The van der Waals surface area contributed by atoms with Crippen molar-refractivity contribution in [3.05, 3.63) is 48.2 Å². The Hall–Kier alpha value is -2.14. The van der Waals surface area contributed by atoms with E-state index in [4.69, 9.17) is 4.98 Å². The molecule has 0 amide bonds. The summed E-state index contributed by atoms with van der Waals surface area (Å²) in [6.07, 6.45) is 1.88. The number of rotatable bonds is 5. The lowest BCUT2D eigenvalue weighted by Crippen LogP contribution is -2.45. The van der Waals surface area contributed by atoms with E-state index in [1.165, 1.54) is 5.56 Å². The van der Waals surface area contributed by atoms with Gasteiger partial charge in [0.2, 0.25) is 5.95 Å². The Kier molecular flexibility index (Phi) is 5.08. The average molecular weight is 311 g/mol. The summed E-state index contributed by atoms with van der Waals surface area (Å²) in [6.45, 7) is 8.07. The first-order valence-corrected chi connectivity index (χ1v) is 8.31. The van der Waals surface area contributed by atoms with Crippen LogP contribution in [0.4, 0.5) is 11.8 Å². The lowest BCUT2D eigenvalue weighted by atomic mass is 10.2. The minimum Gasteiger partial charge on any atom is -0.352 e. The van der Waals surface area contributed by atoms with Crippen molar-refractivity contribution < 1.29 is 0 Å². The molecule has 3 rings (SSSR count). The summed E-state index contributed by atoms with van der Waals surface area (Å²) in [6, 6.07) is 12.5. The SMILES string of the molecule is CCN(Cc1ccccc1)c1ccnc(N2CCN(C)CC2)n1. The van der Waals surface area contributed by atoms with Crippen LogP contribution in [0, 0.1) is 0 Å². The van der Waals surface area contributed by atoms with Gasteiger partial charge in [0, 0.05) is 45.5 Å². The maximum absolute atomic E-state index is 4.81. The highest BCUT2D eigenvalue weighted by atomic mass is 15.3. The van der Waals surface area contributed by atoms with Crippen molar-refractivity contribution in [2.45, 2.75) is 13.5 Å². The molecule has 0 spiro atoms. The first-order chi connectivity index (χ1) is 11.3. The van der Waals surface area contributed by atoms with Crippen molar-refractivity contribution in [3.8, 4) is 0 Å². The fourth-order valence-electron chi connectivity index (χ4n) is 2.83. The maximum Gasteiger partial charge on any atom is 0.227 e. The Labute approximate surface area is 138 Å². The second-order valence-corrected chi connectivity index (χ2v) is 6.00. The van der Waals surface area contributed by atoms with Gasteiger partial charge in [-0.2, -0.15) is 4.98 Å². The molecule has 1 aliphatic heterocycles. The summed E-state index contributed by atoms with van der Waals surface area (Å²) >= 11 is 0. The van der Waals surface area contributed by atoms with E-state index in [-0.39, 0.29) is 0 Å². The number of hydrogen-bond donors (Lipinski definition) is 0. The number of aromatic nitrogens is 2. The number of hydrogen-bond acceptors (Lipinski definition) is 5. The molecule has 0 N–H and O–H groups in total. The van der Waals surface area contributed by atoms with E-state index < -0.39 is 0 Å². The molecule has 2 heterocycles. The predicted octanol–water partition coefficient (Wildman–Crippen LogP) is 2.25. The number of piperazine rings is 1. The fraction of sp³-hybridized carbons (Fsp3) is 0.444. The van der Waals surface area contributed by atoms with Crippen LogP contribution in [0.15, 0.2) is 42.6 Å². The Morgan fingerprint density at radius 3 is 2.48 bits per heavy atom. The highest BCUT2D eigenvalue weighted by Crippen LogP contribution is 2.18. The summed E-state index contributed by atoms with van der Waals surface area (Å²) in [7, 11) is 2.16. The summed E-state index contributed by atoms with van der Waals surface area (Å²) in [5, 5.41) is 0. The van der Waals surface area contributed by atoms with E-state index >= 15 is 0 Å². The lowest BCUT2D eigenvalue weighted by Gasteiger charge is -2.33. The number of anilines is 2. The molecule has 0 saturated carbocycles. The molecule has 0 unspecified atom stereocenters. The molecule has 122 valence electrons. The molecule has 23 heavy (non-hydrogen) atoms. The fourth-order valence-corrected chi connectivity index (χ4v) is 2.83. The van der Waals surface area contributed by atoms with Gasteiger partial charge in [0.25, 0.3) is 0 Å². The van der Waals surface area contributed by atoms with Gasteiger partial charge in [-0.05, 0) is 25.6 Å². The van der Waals surface area contributed by atoms with Gasteiger partial charge in [-0.25, -0.2) is 4.98 Å². The molecule has 0 aliphatic carbocycles. The Balaban J connectivity index is 1.74. The van der Waals surface area contributed by atoms with Gasteiger partial charge in [-0.15, -0.1) is 0 Å². The molecule has 1 aliphatic rings. The Morgan fingerprint density at radius 2 is 1.78 bits per heavy atom. The smallest absolute Gasteiger partial charge is 0.227 e. The minimum atomic E-state index is 0.849. The van der Waals surface area contributed by atoms with Crippen LogP contribution in [-0.4, -0.2) is 54.6 Å². The molecule has 0 atom stereocenters. The Bertz CT molecular complexity index is 608. The highest BCUT2D eigenvalue weighted by Gasteiger charge is 2.17. The van der Waals surface area contributed by atoms with Crippen LogP contribution in [-0.2, 0) is 6.54 Å². The van der Waals surface area contributed by atoms with E-state index in [1.807, 2.05) is 12.3 Å². The molecule has 2 aromatic rings. The van der Waals surface area contributed by atoms with Crippen molar-refractivity contribution in [3.63, 3.8) is 0 Å². The summed E-state index contributed by atoms with van der Waals surface area (Å²) in [5.74, 6) is 1.85. The van der Waals surface area contributed by atoms with Gasteiger partial charge in [-0.3, -0.25) is 0 Å². The van der Waals surface area contributed by atoms with Crippen LogP contribution in [0.2, 0.25) is 0 Å². The van der Waals surface area contributed by atoms with Crippen LogP contribution in [0.5, 0.6) is 0 Å². The molecular weight excluding hydrogens is 286 g/mol. The Morgan fingerprint density at radius 1 is 1.04 bits per heavy atom. The maximum atomic E-state index is 4.81. The molecule has 1 saturated heterocycles. The first-order valence-electron chi connectivity index (χ1n) is 8.31. The van der Waals surface area contributed by atoms with Gasteiger partial charge in [0.15, 0.2) is 0 Å². The third kappa shape index (κ3) is 3.99. The van der Waals surface area contributed by atoms with Gasteiger partial charge in [0.1, 0.15) is 5.82 Å². The van der Waals surface area contributed by atoms with Crippen LogP contribution in [0.25, 0.3) is 0 Å². The molecule has 1 aromatic carbocycles. The van der Waals surface area contributed by atoms with Gasteiger partial charge in [-0.1, -0.05) is 30.3 Å². The van der Waals surface area contributed by atoms with E-state index in [9.17, 15) is 0 Å². The molecule has 0 radical (unpaired) electrons. The van der Waals surface area contributed by atoms with Gasteiger partial charge in [0.05, 0.1) is 0 Å². The zero-order valence-electron chi connectivity index (χ0n) is 14.0.